The van der Waals surface area contributed by atoms with Crippen LogP contribution in [-0.2, 0) is 9.47 Å². The van der Waals surface area contributed by atoms with Gasteiger partial charge in [-0.15, -0.1) is 13.2 Å². The van der Waals surface area contributed by atoms with Gasteiger partial charge in [-0.25, -0.2) is 9.78 Å². The minimum absolute atomic E-state index is 0.0321. The van der Waals surface area contributed by atoms with Crippen LogP contribution in [0.3, 0.4) is 0 Å². The Balaban J connectivity index is 1.89. The first-order chi connectivity index (χ1) is 21.3. The second kappa shape index (κ2) is 13.1. The summed E-state index contributed by atoms with van der Waals surface area (Å²) in [4.78, 5) is 17.5. The molecule has 2 heterocycles. The van der Waals surface area contributed by atoms with E-state index in [4.69, 9.17) is 14.2 Å². The second-order valence-electron chi connectivity index (χ2n) is 11.2. The van der Waals surface area contributed by atoms with Gasteiger partial charge >= 0.3 is 18.5 Å². The van der Waals surface area contributed by atoms with Crippen LogP contribution in [0.5, 0.6) is 17.2 Å². The van der Waals surface area contributed by atoms with Gasteiger partial charge < -0.3 is 29.0 Å². The van der Waals surface area contributed by atoms with Crippen molar-refractivity contribution in [1.29, 1.82) is 0 Å². The summed E-state index contributed by atoms with van der Waals surface area (Å²) >= 11 is 0. The first-order valence-corrected chi connectivity index (χ1v) is 13.8. The van der Waals surface area contributed by atoms with Crippen LogP contribution >= 0.6 is 0 Å². The summed E-state index contributed by atoms with van der Waals surface area (Å²) in [6, 6.07) is 10.8. The number of carbonyl (C=O) groups excluding carboxylic acids is 1. The van der Waals surface area contributed by atoms with Gasteiger partial charge in [0.1, 0.15) is 17.2 Å². The summed E-state index contributed by atoms with van der Waals surface area (Å²) in [6.07, 6.45) is -9.88. The number of hydrogen-bond donors (Lipinski definition) is 1. The maximum Gasteiger partial charge on any atom is 0.573 e. The molecule has 46 heavy (non-hydrogen) atoms. The first kappa shape index (κ1) is 34.4. The molecule has 2 aromatic heterocycles. The molecule has 1 N–H and O–H groups in total. The fourth-order valence-electron chi connectivity index (χ4n) is 4.54. The molecule has 0 aliphatic rings. The van der Waals surface area contributed by atoms with Crippen molar-refractivity contribution in [3.63, 3.8) is 0 Å². The zero-order valence-corrected chi connectivity index (χ0v) is 25.4. The van der Waals surface area contributed by atoms with Crippen LogP contribution in [0.15, 0.2) is 60.9 Å². The predicted molar refractivity (Wildman–Crippen MR) is 155 cm³/mol. The van der Waals surface area contributed by atoms with E-state index in [9.17, 15) is 36.2 Å². The lowest BCUT2D eigenvalue weighted by Crippen LogP contribution is -2.43. The van der Waals surface area contributed by atoms with Crippen molar-refractivity contribution in [2.45, 2.75) is 58.7 Å². The number of imidazole rings is 1. The number of methoxy groups -OCH3 is 1. The average molecular weight is 656 g/mol. The molecule has 9 nitrogen and oxygen atoms in total. The first-order valence-electron chi connectivity index (χ1n) is 13.8. The van der Waals surface area contributed by atoms with Crippen molar-refractivity contribution in [3.05, 3.63) is 72.1 Å². The minimum Gasteiger partial charge on any atom is -0.465 e. The topological polar surface area (TPSA) is 94.8 Å². The van der Waals surface area contributed by atoms with Crippen LogP contribution in [0.2, 0.25) is 0 Å². The number of aliphatic hydroxyl groups is 1. The lowest BCUT2D eigenvalue weighted by molar-refractivity contribution is -0.274. The number of pyridine rings is 1. The Morgan fingerprint density at radius 1 is 1.00 bits per heavy atom. The van der Waals surface area contributed by atoms with Crippen molar-refractivity contribution in [3.8, 4) is 28.5 Å². The van der Waals surface area contributed by atoms with E-state index in [1.54, 1.807) is 45.9 Å². The van der Waals surface area contributed by atoms with E-state index in [1.165, 1.54) is 42.1 Å². The number of alkyl halides is 6. The third-order valence-corrected chi connectivity index (χ3v) is 6.43. The van der Waals surface area contributed by atoms with Gasteiger partial charge in [0.2, 0.25) is 6.41 Å². The predicted octanol–water partition coefficient (Wildman–Crippen LogP) is 7.64. The van der Waals surface area contributed by atoms with Crippen LogP contribution in [0, 0.1) is 6.92 Å². The molecule has 0 fully saturated rings. The molecule has 0 bridgehead atoms. The number of hydrogen-bond acceptors (Lipinski definition) is 8. The largest absolute Gasteiger partial charge is 0.573 e. The maximum absolute atomic E-state index is 13.4. The number of aliphatic hydroxyl groups excluding tert-OH is 1. The second-order valence-corrected chi connectivity index (χ2v) is 11.2. The van der Waals surface area contributed by atoms with Gasteiger partial charge in [0.05, 0.1) is 48.5 Å². The van der Waals surface area contributed by atoms with Crippen LogP contribution < -0.4 is 14.4 Å². The summed E-state index contributed by atoms with van der Waals surface area (Å²) in [7, 11) is 1.25. The van der Waals surface area contributed by atoms with E-state index in [0.29, 0.717) is 22.4 Å². The van der Waals surface area contributed by atoms with E-state index in [2.05, 4.69) is 9.72 Å². The summed E-state index contributed by atoms with van der Waals surface area (Å²) in [6.45, 7) is 5.77. The molecular weight excluding hydrogens is 624 g/mol. The number of nitrogens with zero attached hydrogens (tertiary/aromatic N) is 3. The molecule has 0 saturated carbocycles. The molecule has 0 amide bonds. The number of anilines is 1. The Kier molecular flexibility index (Phi) is 9.78. The Labute approximate surface area is 259 Å². The van der Waals surface area contributed by atoms with Crippen molar-refractivity contribution in [2.24, 2.45) is 0 Å². The average Bonchev–Trinajstić information content (AvgIpc) is 3.34. The quantitative estimate of drug-likeness (QED) is 0.106. The highest BCUT2D eigenvalue weighted by molar-refractivity contribution is 5.91. The standard InChI is InChI=1S/C31H31F6N3O6/c1-18-13-19(9-10-23(18)27(41)43-5)25-16-38-26-24(39(12-11-30(32,33)34)28(42)46-29(2,3)4)15-22(17-40(25)26)44-20-7-6-8-21(14-20)45-31(35,36)37/h6-10,13-17,28,42H,11-12H2,1-5H3. The summed E-state index contributed by atoms with van der Waals surface area (Å²) < 4.78 is 101. The molecule has 0 radical (unpaired) electrons. The Morgan fingerprint density at radius 2 is 1.70 bits per heavy atom. The van der Waals surface area contributed by atoms with Gasteiger partial charge in [0.25, 0.3) is 0 Å². The number of rotatable bonds is 10. The van der Waals surface area contributed by atoms with E-state index in [0.717, 1.165) is 17.0 Å². The fourth-order valence-corrected chi connectivity index (χ4v) is 4.54. The van der Waals surface area contributed by atoms with Crippen molar-refractivity contribution < 1.29 is 55.2 Å². The summed E-state index contributed by atoms with van der Waals surface area (Å²) in [5.74, 6) is -1.23. The van der Waals surface area contributed by atoms with Crippen molar-refractivity contribution in [1.82, 2.24) is 9.38 Å². The van der Waals surface area contributed by atoms with Gasteiger partial charge in [-0.2, -0.15) is 13.2 Å². The Morgan fingerprint density at radius 3 is 2.30 bits per heavy atom. The van der Waals surface area contributed by atoms with E-state index in [-0.39, 0.29) is 22.8 Å². The number of aromatic nitrogens is 2. The van der Waals surface area contributed by atoms with Gasteiger partial charge in [-0.3, -0.25) is 4.40 Å². The highest BCUT2D eigenvalue weighted by Crippen LogP contribution is 2.36. The lowest BCUT2D eigenvalue weighted by Gasteiger charge is -2.34. The highest BCUT2D eigenvalue weighted by Gasteiger charge is 2.33. The zero-order valence-electron chi connectivity index (χ0n) is 25.4. The molecule has 0 spiro atoms. The highest BCUT2D eigenvalue weighted by atomic mass is 19.4. The number of ether oxygens (including phenoxy) is 4. The van der Waals surface area contributed by atoms with E-state index in [1.807, 2.05) is 0 Å². The number of halogens is 6. The molecule has 15 heteroatoms. The summed E-state index contributed by atoms with van der Waals surface area (Å²) in [5.41, 5.74) is 0.937. The molecule has 2 aromatic carbocycles. The number of fused-ring (bicyclic) bond motifs is 1. The zero-order chi connectivity index (χ0) is 34.0. The molecule has 0 saturated heterocycles. The normalized spacial score (nSPS) is 13.0. The molecule has 1 unspecified atom stereocenters. The Hall–Kier alpha value is -4.50. The van der Waals surface area contributed by atoms with E-state index < -0.39 is 49.2 Å². The van der Waals surface area contributed by atoms with Gasteiger partial charge in [-0.05, 0) is 57.5 Å². The van der Waals surface area contributed by atoms with Gasteiger partial charge in [-0.1, -0.05) is 12.1 Å². The van der Waals surface area contributed by atoms with Gasteiger partial charge in [0, 0.05) is 24.2 Å². The summed E-state index contributed by atoms with van der Waals surface area (Å²) in [5, 5.41) is 11.0. The van der Waals surface area contributed by atoms with E-state index >= 15 is 0 Å². The van der Waals surface area contributed by atoms with Crippen LogP contribution in [0.25, 0.3) is 16.9 Å². The molecule has 248 valence electrons. The number of aryl methyl sites for hydroxylation is 1. The molecule has 0 aliphatic carbocycles. The van der Waals surface area contributed by atoms with Crippen LogP contribution in [0.1, 0.15) is 43.1 Å². The molecule has 4 aromatic rings. The Bertz CT molecular complexity index is 1700. The lowest BCUT2D eigenvalue weighted by atomic mass is 10.0. The van der Waals surface area contributed by atoms with Crippen LogP contribution in [0.4, 0.5) is 32.0 Å². The van der Waals surface area contributed by atoms with Crippen LogP contribution in [-0.4, -0.2) is 58.7 Å². The van der Waals surface area contributed by atoms with Crippen molar-refractivity contribution in [2.75, 3.05) is 18.6 Å². The monoisotopic (exact) mass is 655 g/mol. The molecule has 4 rings (SSSR count). The third-order valence-electron chi connectivity index (χ3n) is 6.43. The SMILES string of the molecule is COC(=O)c1ccc(-c2cnc3c(N(CCC(F)(F)F)C(O)OC(C)(C)C)cc(Oc4cccc(OC(F)(F)F)c4)cn23)cc1C. The molecule has 1 atom stereocenters. The number of esters is 1. The smallest absolute Gasteiger partial charge is 0.465 e. The maximum atomic E-state index is 13.4. The fraction of sp³-hybridized carbons (Fsp3) is 0.355. The number of benzene rings is 2. The van der Waals surface area contributed by atoms with Gasteiger partial charge in [0.15, 0.2) is 5.65 Å². The number of carbonyl (C=O) groups is 1. The molecule has 0 aliphatic heterocycles. The minimum atomic E-state index is -4.96. The third kappa shape index (κ3) is 8.81. The molecular formula is C31H31F6N3O6. The van der Waals surface area contributed by atoms with Crippen molar-refractivity contribution >= 4 is 17.3 Å².